The number of guanidine groups is 1. The van der Waals surface area contributed by atoms with E-state index < -0.39 is 0 Å². The van der Waals surface area contributed by atoms with Crippen LogP contribution < -0.4 is 5.32 Å². The van der Waals surface area contributed by atoms with Crippen LogP contribution in [0.2, 0.25) is 0 Å². The number of aliphatic imine (C=N–C) groups is 1. The van der Waals surface area contributed by atoms with Crippen molar-refractivity contribution in [2.24, 2.45) is 16.8 Å². The van der Waals surface area contributed by atoms with E-state index in [2.05, 4.69) is 40.8 Å². The predicted octanol–water partition coefficient (Wildman–Crippen LogP) is 2.72. The summed E-state index contributed by atoms with van der Waals surface area (Å²) >= 11 is 0. The van der Waals surface area contributed by atoms with E-state index in [1.54, 1.807) is 0 Å². The third-order valence-electron chi connectivity index (χ3n) is 6.59. The Bertz CT molecular complexity index is 422. The summed E-state index contributed by atoms with van der Waals surface area (Å²) in [4.78, 5) is 12.7. The average Bonchev–Trinajstić information content (AvgIpc) is 3.09. The number of likely N-dealkylation sites (tertiary alicyclic amines) is 1. The third-order valence-corrected chi connectivity index (χ3v) is 6.59. The zero-order valence-corrected chi connectivity index (χ0v) is 19.5. The Labute approximate surface area is 178 Å². The Hall–Kier alpha value is -0.0800. The van der Waals surface area contributed by atoms with E-state index in [4.69, 9.17) is 4.99 Å². The number of fused-ring (bicyclic) bond motifs is 1. The predicted molar refractivity (Wildman–Crippen MR) is 122 cm³/mol. The van der Waals surface area contributed by atoms with Crippen LogP contribution in [0.4, 0.5) is 0 Å². The van der Waals surface area contributed by atoms with Gasteiger partial charge < -0.3 is 15.1 Å². The fourth-order valence-corrected chi connectivity index (χ4v) is 4.86. The van der Waals surface area contributed by atoms with E-state index in [1.165, 1.54) is 71.5 Å². The lowest BCUT2D eigenvalue weighted by molar-refractivity contribution is 0.109. The molecule has 26 heavy (non-hydrogen) atoms. The van der Waals surface area contributed by atoms with Gasteiger partial charge in [0.1, 0.15) is 0 Å². The van der Waals surface area contributed by atoms with Gasteiger partial charge in [0.25, 0.3) is 0 Å². The molecule has 0 aromatic rings. The molecule has 0 aromatic carbocycles. The maximum atomic E-state index is 5.04. The molecule has 6 heteroatoms. The van der Waals surface area contributed by atoms with Crippen molar-refractivity contribution in [3.8, 4) is 0 Å². The van der Waals surface area contributed by atoms with Crippen LogP contribution >= 0.6 is 24.0 Å². The zero-order chi connectivity index (χ0) is 17.6. The summed E-state index contributed by atoms with van der Waals surface area (Å²) in [6.45, 7) is 17.1. The number of likely N-dealkylation sites (N-methyl/N-ethyl adjacent to an activating group) is 1. The Morgan fingerprint density at radius 1 is 1.04 bits per heavy atom. The molecule has 0 radical (unpaired) electrons. The summed E-state index contributed by atoms with van der Waals surface area (Å²) in [6.07, 6.45) is 5.73. The average molecular weight is 477 g/mol. The van der Waals surface area contributed by atoms with Gasteiger partial charge in [-0.05, 0) is 45.1 Å². The molecular formula is C20H40IN5. The molecule has 2 saturated heterocycles. The van der Waals surface area contributed by atoms with Crippen molar-refractivity contribution in [3.05, 3.63) is 0 Å². The highest BCUT2D eigenvalue weighted by molar-refractivity contribution is 14.0. The van der Waals surface area contributed by atoms with Gasteiger partial charge in [-0.1, -0.05) is 19.8 Å². The minimum Gasteiger partial charge on any atom is -0.357 e. The van der Waals surface area contributed by atoms with Crippen LogP contribution in [-0.4, -0.2) is 85.6 Å². The SMILES string of the molecule is CCNC(=NCC(C)N1CCN(CC)CC1)N1CC2CCCCC2C1.I. The van der Waals surface area contributed by atoms with Crippen LogP contribution in [-0.2, 0) is 0 Å². The molecule has 1 N–H and O–H groups in total. The van der Waals surface area contributed by atoms with Crippen LogP contribution in [0.15, 0.2) is 4.99 Å². The fraction of sp³-hybridized carbons (Fsp3) is 0.950. The van der Waals surface area contributed by atoms with Crippen molar-refractivity contribution < 1.29 is 0 Å². The van der Waals surface area contributed by atoms with Crippen molar-refractivity contribution >= 4 is 29.9 Å². The summed E-state index contributed by atoms with van der Waals surface area (Å²) in [5.41, 5.74) is 0. The first-order valence-electron chi connectivity index (χ1n) is 10.7. The molecule has 2 heterocycles. The summed E-state index contributed by atoms with van der Waals surface area (Å²) in [5.74, 6) is 2.99. The van der Waals surface area contributed by atoms with E-state index in [0.29, 0.717) is 6.04 Å². The molecule has 1 saturated carbocycles. The molecule has 0 aromatic heterocycles. The van der Waals surface area contributed by atoms with Gasteiger partial charge in [0, 0.05) is 51.9 Å². The minimum atomic E-state index is 0. The fourth-order valence-electron chi connectivity index (χ4n) is 4.86. The van der Waals surface area contributed by atoms with Gasteiger partial charge in [0.15, 0.2) is 5.96 Å². The van der Waals surface area contributed by atoms with E-state index >= 15 is 0 Å². The second kappa shape index (κ2) is 11.1. The van der Waals surface area contributed by atoms with Crippen molar-refractivity contribution in [2.75, 3.05) is 58.9 Å². The third kappa shape index (κ3) is 5.71. The van der Waals surface area contributed by atoms with Crippen LogP contribution in [0.1, 0.15) is 46.5 Å². The van der Waals surface area contributed by atoms with Crippen LogP contribution in [0.5, 0.6) is 0 Å². The van der Waals surface area contributed by atoms with Gasteiger partial charge in [-0.3, -0.25) is 9.89 Å². The van der Waals surface area contributed by atoms with Gasteiger partial charge in [0.2, 0.25) is 0 Å². The van der Waals surface area contributed by atoms with Gasteiger partial charge >= 0.3 is 0 Å². The highest BCUT2D eigenvalue weighted by atomic mass is 127. The second-order valence-corrected chi connectivity index (χ2v) is 8.22. The molecule has 1 aliphatic carbocycles. The number of nitrogens with one attached hydrogen (secondary N) is 1. The monoisotopic (exact) mass is 477 g/mol. The number of hydrogen-bond donors (Lipinski definition) is 1. The first kappa shape index (κ1) is 22.2. The van der Waals surface area contributed by atoms with Crippen molar-refractivity contribution in [2.45, 2.75) is 52.5 Å². The molecule has 152 valence electrons. The number of halogens is 1. The molecule has 0 bridgehead atoms. The smallest absolute Gasteiger partial charge is 0.193 e. The second-order valence-electron chi connectivity index (χ2n) is 8.22. The summed E-state index contributed by atoms with van der Waals surface area (Å²) in [6, 6.07) is 0.539. The molecular weight excluding hydrogens is 437 g/mol. The topological polar surface area (TPSA) is 34.1 Å². The Morgan fingerprint density at radius 2 is 1.65 bits per heavy atom. The summed E-state index contributed by atoms with van der Waals surface area (Å²) in [7, 11) is 0. The first-order valence-corrected chi connectivity index (χ1v) is 10.7. The Kier molecular flexibility index (Phi) is 9.44. The van der Waals surface area contributed by atoms with E-state index in [0.717, 1.165) is 30.9 Å². The Morgan fingerprint density at radius 3 is 2.19 bits per heavy atom. The van der Waals surface area contributed by atoms with Crippen LogP contribution in [0, 0.1) is 11.8 Å². The standard InChI is InChI=1S/C20H39N5.HI/c1-4-21-20(25-15-18-8-6-7-9-19(18)16-25)22-14-17(3)24-12-10-23(5-2)11-13-24;/h17-19H,4-16H2,1-3H3,(H,21,22);1H. The Balaban J connectivity index is 0.00000243. The van der Waals surface area contributed by atoms with Crippen molar-refractivity contribution in [3.63, 3.8) is 0 Å². The van der Waals surface area contributed by atoms with Gasteiger partial charge in [-0.25, -0.2) is 0 Å². The maximum Gasteiger partial charge on any atom is 0.193 e. The zero-order valence-electron chi connectivity index (χ0n) is 17.1. The van der Waals surface area contributed by atoms with E-state index in [-0.39, 0.29) is 24.0 Å². The molecule has 3 atom stereocenters. The number of hydrogen-bond acceptors (Lipinski definition) is 3. The highest BCUT2D eigenvalue weighted by Gasteiger charge is 2.35. The molecule has 3 fully saturated rings. The number of piperazine rings is 1. The van der Waals surface area contributed by atoms with Crippen LogP contribution in [0.25, 0.3) is 0 Å². The van der Waals surface area contributed by atoms with Crippen molar-refractivity contribution in [1.29, 1.82) is 0 Å². The van der Waals surface area contributed by atoms with Gasteiger partial charge in [-0.15, -0.1) is 24.0 Å². The molecule has 3 rings (SSSR count). The molecule has 3 aliphatic rings. The lowest BCUT2D eigenvalue weighted by atomic mass is 9.82. The first-order chi connectivity index (χ1) is 12.2. The normalized spacial score (nSPS) is 29.2. The van der Waals surface area contributed by atoms with Crippen molar-refractivity contribution in [1.82, 2.24) is 20.0 Å². The van der Waals surface area contributed by atoms with Gasteiger partial charge in [-0.2, -0.15) is 0 Å². The minimum absolute atomic E-state index is 0. The highest BCUT2D eigenvalue weighted by Crippen LogP contribution is 2.35. The van der Waals surface area contributed by atoms with E-state index in [1.807, 2.05) is 0 Å². The molecule has 5 nitrogen and oxygen atoms in total. The molecule has 3 unspecified atom stereocenters. The number of nitrogens with zero attached hydrogens (tertiary/aromatic N) is 4. The quantitative estimate of drug-likeness (QED) is 0.375. The largest absolute Gasteiger partial charge is 0.357 e. The van der Waals surface area contributed by atoms with Gasteiger partial charge in [0.05, 0.1) is 6.54 Å². The van der Waals surface area contributed by atoms with Crippen LogP contribution in [0.3, 0.4) is 0 Å². The summed E-state index contributed by atoms with van der Waals surface area (Å²) in [5, 5.41) is 3.56. The molecule has 2 aliphatic heterocycles. The summed E-state index contributed by atoms with van der Waals surface area (Å²) < 4.78 is 0. The lowest BCUT2D eigenvalue weighted by Gasteiger charge is -2.37. The lowest BCUT2D eigenvalue weighted by Crippen LogP contribution is -2.50. The maximum absolute atomic E-state index is 5.04. The molecule has 0 amide bonds. The number of rotatable bonds is 5. The molecule has 0 spiro atoms. The van der Waals surface area contributed by atoms with E-state index in [9.17, 15) is 0 Å².